The highest BCUT2D eigenvalue weighted by Crippen LogP contribution is 2.17. The van der Waals surface area contributed by atoms with Crippen LogP contribution in [0.15, 0.2) is 0 Å². The van der Waals surface area contributed by atoms with Gasteiger partial charge in [-0.1, -0.05) is 0 Å². The largest absolute Gasteiger partial charge is 0.342 e. The van der Waals surface area contributed by atoms with Gasteiger partial charge in [-0.15, -0.1) is 0 Å². The highest BCUT2D eigenvalue weighted by atomic mass is 32.2. The van der Waals surface area contributed by atoms with Gasteiger partial charge in [-0.25, -0.2) is 13.2 Å². The number of imide groups is 1. The number of amides is 4. The molecule has 2 unspecified atom stereocenters. The molecule has 2 aliphatic rings. The van der Waals surface area contributed by atoms with E-state index in [0.29, 0.717) is 6.42 Å². The summed E-state index contributed by atoms with van der Waals surface area (Å²) in [7, 11) is -1.55. The molecular weight excluding hydrogens is 274 g/mol. The number of hydrogen-bond acceptors (Lipinski definition) is 5. The zero-order chi connectivity index (χ0) is 14.2. The number of hydrogen-bond donors (Lipinski definition) is 2. The van der Waals surface area contributed by atoms with Gasteiger partial charge >= 0.3 is 6.03 Å². The topological polar surface area (TPSA) is 113 Å². The van der Waals surface area contributed by atoms with Crippen LogP contribution in [0.4, 0.5) is 4.79 Å². The molecule has 2 fully saturated rings. The second-order valence-electron chi connectivity index (χ2n) is 4.78. The molecule has 19 heavy (non-hydrogen) atoms. The van der Waals surface area contributed by atoms with Gasteiger partial charge in [-0.2, -0.15) is 0 Å². The predicted octanol–water partition coefficient (Wildman–Crippen LogP) is -1.77. The lowest BCUT2D eigenvalue weighted by atomic mass is 10.1. The molecular formula is C10H15N3O5S. The molecule has 2 rings (SSSR count). The van der Waals surface area contributed by atoms with E-state index in [-0.39, 0.29) is 29.9 Å². The van der Waals surface area contributed by atoms with E-state index >= 15 is 0 Å². The van der Waals surface area contributed by atoms with Gasteiger partial charge < -0.3 is 10.2 Å². The van der Waals surface area contributed by atoms with Crippen molar-refractivity contribution in [3.05, 3.63) is 0 Å². The lowest BCUT2D eigenvalue weighted by Gasteiger charge is -2.24. The lowest BCUT2D eigenvalue weighted by Crippen LogP contribution is -2.42. The molecule has 2 atom stereocenters. The van der Waals surface area contributed by atoms with Gasteiger partial charge in [0.15, 0.2) is 9.84 Å². The SMILES string of the molecule is CN(C(=O)CC1NC(=O)NC1=O)C1CCS(=O)(=O)C1. The van der Waals surface area contributed by atoms with E-state index in [1.54, 1.807) is 0 Å². The summed E-state index contributed by atoms with van der Waals surface area (Å²) >= 11 is 0. The van der Waals surface area contributed by atoms with Crippen molar-refractivity contribution in [2.24, 2.45) is 0 Å². The Labute approximate surface area is 110 Å². The molecule has 4 amide bonds. The average molecular weight is 289 g/mol. The smallest absolute Gasteiger partial charge is 0.322 e. The van der Waals surface area contributed by atoms with Crippen LogP contribution < -0.4 is 10.6 Å². The van der Waals surface area contributed by atoms with Crippen molar-refractivity contribution in [1.29, 1.82) is 0 Å². The third-order valence-electron chi connectivity index (χ3n) is 3.39. The van der Waals surface area contributed by atoms with Gasteiger partial charge in [0.05, 0.1) is 17.9 Å². The Morgan fingerprint density at radius 3 is 2.58 bits per heavy atom. The van der Waals surface area contributed by atoms with Crippen LogP contribution in [0.3, 0.4) is 0 Å². The number of rotatable bonds is 3. The minimum absolute atomic E-state index is 0.0432. The summed E-state index contributed by atoms with van der Waals surface area (Å²) < 4.78 is 22.7. The fraction of sp³-hybridized carbons (Fsp3) is 0.700. The molecule has 2 aliphatic heterocycles. The number of nitrogens with one attached hydrogen (secondary N) is 2. The fourth-order valence-electron chi connectivity index (χ4n) is 2.21. The number of carbonyl (C=O) groups excluding carboxylic acids is 3. The molecule has 0 aromatic carbocycles. The van der Waals surface area contributed by atoms with Crippen molar-refractivity contribution in [3.63, 3.8) is 0 Å². The summed E-state index contributed by atoms with van der Waals surface area (Å²) in [6, 6.07) is -1.84. The van der Waals surface area contributed by atoms with E-state index in [1.165, 1.54) is 11.9 Å². The molecule has 0 bridgehead atoms. The minimum atomic E-state index is -3.06. The monoisotopic (exact) mass is 289 g/mol. The Balaban J connectivity index is 1.93. The summed E-state index contributed by atoms with van der Waals surface area (Å²) in [5.74, 6) is -0.857. The van der Waals surface area contributed by atoms with E-state index in [9.17, 15) is 22.8 Å². The maximum absolute atomic E-state index is 11.9. The molecule has 8 nitrogen and oxygen atoms in total. The maximum Gasteiger partial charge on any atom is 0.322 e. The van der Waals surface area contributed by atoms with Crippen molar-refractivity contribution in [2.45, 2.75) is 24.9 Å². The van der Waals surface area contributed by atoms with Crippen LogP contribution in [-0.2, 0) is 19.4 Å². The Morgan fingerprint density at radius 2 is 2.11 bits per heavy atom. The maximum atomic E-state index is 11.9. The molecule has 2 saturated heterocycles. The highest BCUT2D eigenvalue weighted by Gasteiger charge is 2.36. The molecule has 0 radical (unpaired) electrons. The van der Waals surface area contributed by atoms with Crippen LogP contribution in [0.2, 0.25) is 0 Å². The lowest BCUT2D eigenvalue weighted by molar-refractivity contribution is -0.134. The van der Waals surface area contributed by atoms with Gasteiger partial charge in [-0.3, -0.25) is 14.9 Å². The summed E-state index contributed by atoms with van der Waals surface area (Å²) in [6.07, 6.45) is 0.248. The Kier molecular flexibility index (Phi) is 3.48. The van der Waals surface area contributed by atoms with Crippen molar-refractivity contribution in [1.82, 2.24) is 15.5 Å². The van der Waals surface area contributed by atoms with Crippen LogP contribution in [0.5, 0.6) is 0 Å². The zero-order valence-corrected chi connectivity index (χ0v) is 11.2. The van der Waals surface area contributed by atoms with Crippen molar-refractivity contribution in [2.75, 3.05) is 18.6 Å². The predicted molar refractivity (Wildman–Crippen MR) is 64.9 cm³/mol. The zero-order valence-electron chi connectivity index (χ0n) is 10.4. The van der Waals surface area contributed by atoms with Crippen LogP contribution in [-0.4, -0.2) is 61.8 Å². The quantitative estimate of drug-likeness (QED) is 0.597. The van der Waals surface area contributed by atoms with Gasteiger partial charge in [-0.05, 0) is 6.42 Å². The molecule has 0 spiro atoms. The molecule has 0 aliphatic carbocycles. The molecule has 2 heterocycles. The number of sulfone groups is 1. The summed E-state index contributed by atoms with van der Waals surface area (Å²) in [5, 5.41) is 4.37. The minimum Gasteiger partial charge on any atom is -0.342 e. The second-order valence-corrected chi connectivity index (χ2v) is 7.01. The number of nitrogens with zero attached hydrogens (tertiary/aromatic N) is 1. The van der Waals surface area contributed by atoms with Crippen LogP contribution in [0.25, 0.3) is 0 Å². The molecule has 2 N–H and O–H groups in total. The average Bonchev–Trinajstić information content (AvgIpc) is 2.81. The fourth-order valence-corrected chi connectivity index (χ4v) is 3.98. The van der Waals surface area contributed by atoms with Gasteiger partial charge in [0.2, 0.25) is 5.91 Å². The third kappa shape index (κ3) is 3.03. The standard InChI is InChI=1S/C10H15N3O5S/c1-13(6-2-3-19(17,18)5-6)8(14)4-7-9(15)12-10(16)11-7/h6-7H,2-5H2,1H3,(H2,11,12,15,16). The Hall–Kier alpha value is -1.64. The molecule has 0 aromatic rings. The molecule has 0 saturated carbocycles. The summed E-state index contributed by atoms with van der Waals surface area (Å²) in [6.45, 7) is 0. The summed E-state index contributed by atoms with van der Waals surface area (Å²) in [4.78, 5) is 35.5. The summed E-state index contributed by atoms with van der Waals surface area (Å²) in [5.41, 5.74) is 0. The normalized spacial score (nSPS) is 28.9. The van der Waals surface area contributed by atoms with Crippen LogP contribution in [0.1, 0.15) is 12.8 Å². The van der Waals surface area contributed by atoms with Gasteiger partial charge in [0.25, 0.3) is 5.91 Å². The van der Waals surface area contributed by atoms with Crippen LogP contribution >= 0.6 is 0 Å². The number of urea groups is 1. The van der Waals surface area contributed by atoms with E-state index in [1.807, 2.05) is 5.32 Å². The molecule has 0 aromatic heterocycles. The first-order chi connectivity index (χ1) is 8.78. The van der Waals surface area contributed by atoms with Crippen molar-refractivity contribution >= 4 is 27.7 Å². The first-order valence-corrected chi connectivity index (χ1v) is 7.68. The first-order valence-electron chi connectivity index (χ1n) is 5.86. The van der Waals surface area contributed by atoms with E-state index < -0.39 is 27.8 Å². The third-order valence-corrected chi connectivity index (χ3v) is 5.14. The van der Waals surface area contributed by atoms with Crippen molar-refractivity contribution in [3.8, 4) is 0 Å². The second kappa shape index (κ2) is 4.80. The van der Waals surface area contributed by atoms with E-state index in [2.05, 4.69) is 5.32 Å². The van der Waals surface area contributed by atoms with Crippen LogP contribution in [0, 0.1) is 0 Å². The van der Waals surface area contributed by atoms with E-state index in [0.717, 1.165) is 0 Å². The first kappa shape index (κ1) is 13.8. The number of carbonyl (C=O) groups is 3. The van der Waals surface area contributed by atoms with E-state index in [4.69, 9.17) is 0 Å². The van der Waals surface area contributed by atoms with Gasteiger partial charge in [0, 0.05) is 13.1 Å². The van der Waals surface area contributed by atoms with Gasteiger partial charge in [0.1, 0.15) is 6.04 Å². The highest BCUT2D eigenvalue weighted by molar-refractivity contribution is 7.91. The Bertz CT molecular complexity index is 529. The van der Waals surface area contributed by atoms with Crippen molar-refractivity contribution < 1.29 is 22.8 Å². The Morgan fingerprint density at radius 1 is 1.42 bits per heavy atom. The molecule has 9 heteroatoms. The molecule has 106 valence electrons.